The van der Waals surface area contributed by atoms with Gasteiger partial charge in [-0.15, -0.1) is 0 Å². The summed E-state index contributed by atoms with van der Waals surface area (Å²) in [5.74, 6) is -0.226. The van der Waals surface area contributed by atoms with Crippen molar-refractivity contribution in [2.45, 2.75) is 13.5 Å². The van der Waals surface area contributed by atoms with E-state index in [0.29, 0.717) is 18.1 Å². The Morgan fingerprint density at radius 3 is 2.37 bits per heavy atom. The highest BCUT2D eigenvalue weighted by molar-refractivity contribution is 6.03. The second-order valence-electron chi connectivity index (χ2n) is 6.71. The number of benzene rings is 2. The van der Waals surface area contributed by atoms with Crippen LogP contribution in [0.4, 0.5) is 11.5 Å². The van der Waals surface area contributed by atoms with E-state index in [2.05, 4.69) is 20.8 Å². The molecule has 4 rings (SSSR count). The first-order valence-electron chi connectivity index (χ1n) is 9.39. The summed E-state index contributed by atoms with van der Waals surface area (Å²) in [5, 5.41) is 14.2. The molecule has 0 radical (unpaired) electrons. The Balaban J connectivity index is 1.52. The fourth-order valence-electron chi connectivity index (χ4n) is 3.01. The van der Waals surface area contributed by atoms with Crippen molar-refractivity contribution in [1.29, 1.82) is 0 Å². The molecule has 2 aromatic carbocycles. The third-order valence-electron chi connectivity index (χ3n) is 4.33. The zero-order valence-corrected chi connectivity index (χ0v) is 16.3. The summed E-state index contributed by atoms with van der Waals surface area (Å²) in [5.41, 5.74) is 2.58. The number of hydrogen-bond acceptors (Lipinski definition) is 4. The lowest BCUT2D eigenvalue weighted by Gasteiger charge is -2.06. The molecule has 0 saturated heterocycles. The van der Waals surface area contributed by atoms with Gasteiger partial charge in [0.25, 0.3) is 5.91 Å². The van der Waals surface area contributed by atoms with E-state index < -0.39 is 5.91 Å². The molecule has 0 aliphatic rings. The van der Waals surface area contributed by atoms with Crippen LogP contribution < -0.4 is 10.6 Å². The van der Waals surface area contributed by atoms with Gasteiger partial charge >= 0.3 is 0 Å². The highest BCUT2D eigenvalue weighted by atomic mass is 16.2. The topological polar surface area (TPSA) is 93.8 Å². The molecular weight excluding hydrogens is 380 g/mol. The molecule has 2 heterocycles. The smallest absolute Gasteiger partial charge is 0.276 e. The second-order valence-corrected chi connectivity index (χ2v) is 6.71. The van der Waals surface area contributed by atoms with Crippen LogP contribution in [0.5, 0.6) is 0 Å². The average Bonchev–Trinajstić information content (AvgIpc) is 3.36. The van der Waals surface area contributed by atoms with Gasteiger partial charge in [0.1, 0.15) is 5.82 Å². The lowest BCUT2D eigenvalue weighted by Crippen LogP contribution is -2.13. The molecule has 0 spiro atoms. The van der Waals surface area contributed by atoms with Crippen molar-refractivity contribution in [3.63, 3.8) is 0 Å². The Morgan fingerprint density at radius 1 is 0.967 bits per heavy atom. The first kappa shape index (κ1) is 19.1. The zero-order chi connectivity index (χ0) is 20.9. The van der Waals surface area contributed by atoms with E-state index in [1.54, 1.807) is 17.1 Å². The van der Waals surface area contributed by atoms with E-state index in [9.17, 15) is 9.59 Å². The maximum Gasteiger partial charge on any atom is 0.276 e. The van der Waals surface area contributed by atoms with Crippen LogP contribution in [0.15, 0.2) is 79.1 Å². The number of anilines is 2. The Hall–Kier alpha value is -4.20. The molecular formula is C22H20N6O2. The van der Waals surface area contributed by atoms with E-state index in [1.807, 2.05) is 60.7 Å². The minimum Gasteiger partial charge on any atom is -0.318 e. The maximum absolute atomic E-state index is 12.7. The van der Waals surface area contributed by atoms with E-state index in [-0.39, 0.29) is 11.6 Å². The molecule has 0 aliphatic heterocycles. The molecule has 0 saturated carbocycles. The van der Waals surface area contributed by atoms with Crippen LogP contribution in [0, 0.1) is 0 Å². The first-order valence-corrected chi connectivity index (χ1v) is 9.39. The van der Waals surface area contributed by atoms with Gasteiger partial charge in [-0.1, -0.05) is 48.5 Å². The standard InChI is InChI=1S/C22H20N6O2/c1-16(29)24-21-12-20(26-28(21)19-10-6-3-7-11-19)22(30)25-18-13-23-27(15-18)14-17-8-4-2-5-9-17/h2-13,15H,14H2,1H3,(H,24,29)(H,25,30). The van der Waals surface area contributed by atoms with Crippen molar-refractivity contribution in [1.82, 2.24) is 19.6 Å². The highest BCUT2D eigenvalue weighted by Crippen LogP contribution is 2.18. The number of aromatic nitrogens is 4. The van der Waals surface area contributed by atoms with Gasteiger partial charge in [0, 0.05) is 19.2 Å². The molecule has 2 aromatic heterocycles. The Labute approximate surface area is 173 Å². The first-order chi connectivity index (χ1) is 14.6. The van der Waals surface area contributed by atoms with Gasteiger partial charge in [0.2, 0.25) is 5.91 Å². The molecule has 150 valence electrons. The number of nitrogens with one attached hydrogen (secondary N) is 2. The Kier molecular flexibility index (Phi) is 5.38. The molecule has 2 N–H and O–H groups in total. The van der Waals surface area contributed by atoms with Crippen LogP contribution in [0.3, 0.4) is 0 Å². The fourth-order valence-corrected chi connectivity index (χ4v) is 3.01. The summed E-state index contributed by atoms with van der Waals surface area (Å²) in [6.07, 6.45) is 3.34. The average molecular weight is 400 g/mol. The summed E-state index contributed by atoms with van der Waals surface area (Å²) >= 11 is 0. The SMILES string of the molecule is CC(=O)Nc1cc(C(=O)Nc2cnn(Cc3ccccc3)c2)nn1-c1ccccc1. The molecule has 4 aromatic rings. The van der Waals surface area contributed by atoms with E-state index in [0.717, 1.165) is 11.3 Å². The number of amides is 2. The van der Waals surface area contributed by atoms with Crippen molar-refractivity contribution >= 4 is 23.3 Å². The van der Waals surface area contributed by atoms with E-state index in [4.69, 9.17) is 0 Å². The van der Waals surface area contributed by atoms with Crippen LogP contribution in [-0.2, 0) is 11.3 Å². The van der Waals surface area contributed by atoms with E-state index >= 15 is 0 Å². The third-order valence-corrected chi connectivity index (χ3v) is 4.33. The van der Waals surface area contributed by atoms with Crippen LogP contribution in [0.1, 0.15) is 23.0 Å². The molecule has 0 unspecified atom stereocenters. The predicted octanol–water partition coefficient (Wildman–Crippen LogP) is 3.33. The number of para-hydroxylation sites is 1. The van der Waals surface area contributed by atoms with Crippen molar-refractivity contribution in [3.8, 4) is 5.69 Å². The number of hydrogen-bond donors (Lipinski definition) is 2. The van der Waals surface area contributed by atoms with Crippen molar-refractivity contribution in [2.75, 3.05) is 10.6 Å². The minimum atomic E-state index is -0.393. The maximum atomic E-state index is 12.7. The zero-order valence-electron chi connectivity index (χ0n) is 16.3. The van der Waals surface area contributed by atoms with Crippen LogP contribution in [-0.4, -0.2) is 31.4 Å². The van der Waals surface area contributed by atoms with Crippen molar-refractivity contribution < 1.29 is 9.59 Å². The highest BCUT2D eigenvalue weighted by Gasteiger charge is 2.17. The van der Waals surface area contributed by atoms with Crippen LogP contribution >= 0.6 is 0 Å². The molecule has 0 fully saturated rings. The van der Waals surface area contributed by atoms with Gasteiger partial charge in [-0.2, -0.15) is 10.2 Å². The van der Waals surface area contributed by atoms with Crippen molar-refractivity contribution in [3.05, 3.63) is 90.4 Å². The van der Waals surface area contributed by atoms with Gasteiger partial charge in [0.15, 0.2) is 5.69 Å². The number of rotatable bonds is 6. The minimum absolute atomic E-state index is 0.179. The molecule has 0 atom stereocenters. The van der Waals surface area contributed by atoms with Gasteiger partial charge in [-0.3, -0.25) is 14.3 Å². The van der Waals surface area contributed by atoms with Gasteiger partial charge in [-0.25, -0.2) is 4.68 Å². The van der Waals surface area contributed by atoms with E-state index in [1.165, 1.54) is 17.7 Å². The second kappa shape index (κ2) is 8.44. The summed E-state index contributed by atoms with van der Waals surface area (Å²) < 4.78 is 3.27. The fraction of sp³-hybridized carbons (Fsp3) is 0.0909. The van der Waals surface area contributed by atoms with Gasteiger partial charge in [0.05, 0.1) is 24.1 Å². The summed E-state index contributed by atoms with van der Waals surface area (Å²) in [6, 6.07) is 20.7. The lowest BCUT2D eigenvalue weighted by atomic mass is 10.2. The Bertz CT molecular complexity index is 1160. The summed E-state index contributed by atoms with van der Waals surface area (Å²) in [4.78, 5) is 24.3. The number of carbonyl (C=O) groups excluding carboxylic acids is 2. The largest absolute Gasteiger partial charge is 0.318 e. The molecule has 0 aliphatic carbocycles. The Morgan fingerprint density at radius 2 is 1.67 bits per heavy atom. The molecule has 30 heavy (non-hydrogen) atoms. The number of nitrogens with zero attached hydrogens (tertiary/aromatic N) is 4. The van der Waals surface area contributed by atoms with Crippen molar-refractivity contribution in [2.24, 2.45) is 0 Å². The summed E-state index contributed by atoms with van der Waals surface area (Å²) in [7, 11) is 0. The van der Waals surface area contributed by atoms with Gasteiger partial charge < -0.3 is 10.6 Å². The summed E-state index contributed by atoms with van der Waals surface area (Å²) in [6.45, 7) is 2.01. The predicted molar refractivity (Wildman–Crippen MR) is 114 cm³/mol. The normalized spacial score (nSPS) is 10.6. The quantitative estimate of drug-likeness (QED) is 0.519. The molecule has 2 amide bonds. The molecule has 8 nitrogen and oxygen atoms in total. The molecule has 8 heteroatoms. The lowest BCUT2D eigenvalue weighted by molar-refractivity contribution is -0.114. The third kappa shape index (κ3) is 4.44. The van der Waals surface area contributed by atoms with Crippen LogP contribution in [0.2, 0.25) is 0 Å². The van der Waals surface area contributed by atoms with Crippen LogP contribution in [0.25, 0.3) is 5.69 Å². The molecule has 0 bridgehead atoms. The van der Waals surface area contributed by atoms with Gasteiger partial charge in [-0.05, 0) is 17.7 Å². The monoisotopic (exact) mass is 400 g/mol. The number of carbonyl (C=O) groups is 2.